The normalized spacial score (nSPS) is 18.8. The van der Waals surface area contributed by atoms with Crippen molar-refractivity contribution in [2.24, 2.45) is 5.92 Å². The van der Waals surface area contributed by atoms with Gasteiger partial charge in [-0.2, -0.15) is 0 Å². The Morgan fingerprint density at radius 2 is 2.04 bits per heavy atom. The standard InChI is InChI=1S/C19H19F2NO3S/c1-10(2)26-17-5-3-4-12(22-17)9-25-18-15(20)6-11(7-16(18)21)13-8-14(13)19(23)24/h3-7,10,13-14H,8-9H2,1-2H3,(H,23,24). The molecule has 1 N–H and O–H groups in total. The van der Waals surface area contributed by atoms with Crippen molar-refractivity contribution in [3.8, 4) is 5.75 Å². The number of hydrogen-bond donors (Lipinski definition) is 1. The number of nitrogens with zero attached hydrogens (tertiary/aromatic N) is 1. The van der Waals surface area contributed by atoms with Crippen LogP contribution in [0.25, 0.3) is 0 Å². The molecule has 138 valence electrons. The first-order valence-corrected chi connectivity index (χ1v) is 9.20. The molecule has 0 saturated heterocycles. The number of carboxylic acid groups (broad SMARTS) is 1. The van der Waals surface area contributed by atoms with Crippen LogP contribution in [0.5, 0.6) is 5.75 Å². The summed E-state index contributed by atoms with van der Waals surface area (Å²) in [6.07, 6.45) is 0.401. The number of ether oxygens (including phenoxy) is 1. The van der Waals surface area contributed by atoms with E-state index in [1.165, 1.54) is 0 Å². The molecule has 2 aromatic rings. The number of aliphatic carboxylic acids is 1. The molecular weight excluding hydrogens is 360 g/mol. The summed E-state index contributed by atoms with van der Waals surface area (Å²) < 4.78 is 33.8. The Morgan fingerprint density at radius 3 is 2.62 bits per heavy atom. The maximum Gasteiger partial charge on any atom is 0.307 e. The van der Waals surface area contributed by atoms with Crippen molar-refractivity contribution < 1.29 is 23.4 Å². The summed E-state index contributed by atoms with van der Waals surface area (Å²) in [6, 6.07) is 7.75. The van der Waals surface area contributed by atoms with Crippen molar-refractivity contribution in [3.05, 3.63) is 53.2 Å². The molecule has 7 heteroatoms. The number of benzene rings is 1. The average molecular weight is 379 g/mol. The minimum atomic E-state index is -0.943. The van der Waals surface area contributed by atoms with Crippen molar-refractivity contribution in [1.29, 1.82) is 0 Å². The second-order valence-corrected chi connectivity index (χ2v) is 8.12. The van der Waals surface area contributed by atoms with E-state index in [0.717, 1.165) is 17.2 Å². The Kier molecular flexibility index (Phi) is 5.46. The molecule has 1 saturated carbocycles. The molecule has 0 aliphatic heterocycles. The lowest BCUT2D eigenvalue weighted by atomic mass is 10.1. The van der Waals surface area contributed by atoms with E-state index in [2.05, 4.69) is 18.8 Å². The largest absolute Gasteiger partial charge is 0.481 e. The monoisotopic (exact) mass is 379 g/mol. The number of thioether (sulfide) groups is 1. The Morgan fingerprint density at radius 1 is 1.35 bits per heavy atom. The highest BCUT2D eigenvalue weighted by molar-refractivity contribution is 7.99. The lowest BCUT2D eigenvalue weighted by Crippen LogP contribution is -2.04. The summed E-state index contributed by atoms with van der Waals surface area (Å²) in [5.74, 6) is -3.97. The Bertz CT molecular complexity index is 805. The minimum absolute atomic E-state index is 0.0547. The second-order valence-electron chi connectivity index (χ2n) is 6.52. The number of hydrogen-bond acceptors (Lipinski definition) is 4. The number of rotatable bonds is 7. The number of carbonyl (C=O) groups is 1. The fourth-order valence-corrected chi connectivity index (χ4v) is 3.57. The number of pyridine rings is 1. The number of aromatic nitrogens is 1. The van der Waals surface area contributed by atoms with Crippen LogP contribution in [-0.4, -0.2) is 21.3 Å². The quantitative estimate of drug-likeness (QED) is 0.711. The molecule has 0 amide bonds. The average Bonchev–Trinajstić information content (AvgIpc) is 3.34. The van der Waals surface area contributed by atoms with Gasteiger partial charge in [0.25, 0.3) is 0 Å². The highest BCUT2D eigenvalue weighted by atomic mass is 32.2. The maximum absolute atomic E-state index is 14.2. The minimum Gasteiger partial charge on any atom is -0.481 e. The second kappa shape index (κ2) is 7.61. The van der Waals surface area contributed by atoms with Crippen LogP contribution >= 0.6 is 11.8 Å². The van der Waals surface area contributed by atoms with Gasteiger partial charge in [0, 0.05) is 5.25 Å². The molecule has 4 nitrogen and oxygen atoms in total. The fraction of sp³-hybridized carbons (Fsp3) is 0.368. The summed E-state index contributed by atoms with van der Waals surface area (Å²) >= 11 is 1.59. The predicted octanol–water partition coefficient (Wildman–Crippen LogP) is 4.63. The topological polar surface area (TPSA) is 59.4 Å². The molecule has 0 bridgehead atoms. The molecule has 0 radical (unpaired) electrons. The van der Waals surface area contributed by atoms with Crippen LogP contribution in [-0.2, 0) is 11.4 Å². The zero-order chi connectivity index (χ0) is 18.8. The molecule has 1 aliphatic rings. The van der Waals surface area contributed by atoms with Gasteiger partial charge in [0.1, 0.15) is 6.61 Å². The van der Waals surface area contributed by atoms with Gasteiger partial charge in [0.2, 0.25) is 0 Å². The molecule has 1 aliphatic carbocycles. The van der Waals surface area contributed by atoms with Gasteiger partial charge in [0.15, 0.2) is 17.4 Å². The molecule has 0 spiro atoms. The van der Waals surface area contributed by atoms with Gasteiger partial charge in [-0.05, 0) is 42.2 Å². The molecule has 1 fully saturated rings. The Hall–Kier alpha value is -2.15. The summed E-state index contributed by atoms with van der Waals surface area (Å²) in [6.45, 7) is 4.05. The first-order valence-electron chi connectivity index (χ1n) is 8.32. The van der Waals surface area contributed by atoms with Crippen LogP contribution < -0.4 is 4.74 Å². The van der Waals surface area contributed by atoms with E-state index in [-0.39, 0.29) is 12.5 Å². The van der Waals surface area contributed by atoms with Gasteiger partial charge in [-0.3, -0.25) is 4.79 Å². The summed E-state index contributed by atoms with van der Waals surface area (Å²) in [5, 5.41) is 10.1. The zero-order valence-corrected chi connectivity index (χ0v) is 15.2. The van der Waals surface area contributed by atoms with E-state index in [9.17, 15) is 13.6 Å². The molecule has 1 heterocycles. The van der Waals surface area contributed by atoms with Crippen LogP contribution in [0.2, 0.25) is 0 Å². The van der Waals surface area contributed by atoms with Crippen molar-refractivity contribution in [1.82, 2.24) is 4.98 Å². The third kappa shape index (κ3) is 4.33. The SMILES string of the molecule is CC(C)Sc1cccc(COc2c(F)cc(C3CC3C(=O)O)cc2F)n1. The first-order chi connectivity index (χ1) is 12.3. The highest BCUT2D eigenvalue weighted by Crippen LogP contribution is 2.48. The van der Waals surface area contributed by atoms with Crippen LogP contribution in [0.1, 0.15) is 37.4 Å². The molecule has 2 unspecified atom stereocenters. The summed E-state index contributed by atoms with van der Waals surface area (Å²) in [5.41, 5.74) is 0.930. The van der Waals surface area contributed by atoms with Gasteiger partial charge in [-0.1, -0.05) is 19.9 Å². The Labute approximate surface area is 154 Å². The van der Waals surface area contributed by atoms with E-state index in [4.69, 9.17) is 9.84 Å². The summed E-state index contributed by atoms with van der Waals surface area (Å²) in [7, 11) is 0. The molecule has 1 aromatic heterocycles. The van der Waals surface area contributed by atoms with E-state index >= 15 is 0 Å². The summed E-state index contributed by atoms with van der Waals surface area (Å²) in [4.78, 5) is 15.3. The first kappa shape index (κ1) is 18.6. The van der Waals surface area contributed by atoms with Gasteiger partial charge in [-0.15, -0.1) is 11.8 Å². The molecular formula is C19H19F2NO3S. The van der Waals surface area contributed by atoms with Crippen LogP contribution in [0.3, 0.4) is 0 Å². The third-order valence-corrected chi connectivity index (χ3v) is 5.00. The van der Waals surface area contributed by atoms with Crippen molar-refractivity contribution >= 4 is 17.7 Å². The van der Waals surface area contributed by atoms with Crippen molar-refractivity contribution in [2.45, 2.75) is 43.1 Å². The zero-order valence-electron chi connectivity index (χ0n) is 14.4. The Balaban J connectivity index is 1.70. The highest BCUT2D eigenvalue weighted by Gasteiger charge is 2.44. The van der Waals surface area contributed by atoms with E-state index in [1.807, 2.05) is 12.1 Å². The lowest BCUT2D eigenvalue weighted by molar-refractivity contribution is -0.138. The van der Waals surface area contributed by atoms with Crippen LogP contribution in [0.15, 0.2) is 35.4 Å². The van der Waals surface area contributed by atoms with Crippen molar-refractivity contribution in [2.75, 3.05) is 0 Å². The molecule has 3 rings (SSSR count). The van der Waals surface area contributed by atoms with Crippen LogP contribution in [0.4, 0.5) is 8.78 Å². The molecule has 1 aromatic carbocycles. The number of halogens is 2. The maximum atomic E-state index is 14.2. The van der Waals surface area contributed by atoms with E-state index in [0.29, 0.717) is 22.9 Å². The predicted molar refractivity (Wildman–Crippen MR) is 94.4 cm³/mol. The van der Waals surface area contributed by atoms with Crippen LogP contribution in [0, 0.1) is 17.6 Å². The van der Waals surface area contributed by atoms with Gasteiger partial charge in [-0.25, -0.2) is 13.8 Å². The smallest absolute Gasteiger partial charge is 0.307 e. The lowest BCUT2D eigenvalue weighted by Gasteiger charge is -2.11. The third-order valence-electron chi connectivity index (χ3n) is 4.06. The van der Waals surface area contributed by atoms with Crippen molar-refractivity contribution in [3.63, 3.8) is 0 Å². The fourth-order valence-electron chi connectivity index (χ4n) is 2.76. The van der Waals surface area contributed by atoms with Gasteiger partial charge in [0.05, 0.1) is 16.6 Å². The molecule has 26 heavy (non-hydrogen) atoms. The molecule has 2 atom stereocenters. The van der Waals surface area contributed by atoms with Gasteiger partial charge < -0.3 is 9.84 Å². The van der Waals surface area contributed by atoms with E-state index in [1.54, 1.807) is 17.8 Å². The number of carboxylic acids is 1. The van der Waals surface area contributed by atoms with E-state index < -0.39 is 29.3 Å². The van der Waals surface area contributed by atoms with Gasteiger partial charge >= 0.3 is 5.97 Å².